The van der Waals surface area contributed by atoms with Crippen molar-refractivity contribution in [1.82, 2.24) is 14.8 Å². The van der Waals surface area contributed by atoms with Crippen LogP contribution in [0.3, 0.4) is 0 Å². The van der Waals surface area contributed by atoms with Gasteiger partial charge < -0.3 is 0 Å². The van der Waals surface area contributed by atoms with Gasteiger partial charge in [-0.15, -0.1) is 10.2 Å². The minimum atomic E-state index is -4.35. The summed E-state index contributed by atoms with van der Waals surface area (Å²) in [5.41, 5.74) is 3.10. The number of thioether (sulfide) groups is 1. The number of alkyl halides is 3. The van der Waals surface area contributed by atoms with Crippen LogP contribution in [0.2, 0.25) is 0 Å². The number of hydrogen-bond donors (Lipinski definition) is 0. The van der Waals surface area contributed by atoms with Crippen molar-refractivity contribution in [3.05, 3.63) is 41.2 Å². The van der Waals surface area contributed by atoms with Gasteiger partial charge in [0.15, 0.2) is 10.9 Å². The van der Waals surface area contributed by atoms with Gasteiger partial charge in [0, 0.05) is 5.56 Å². The number of hydrogen-bond acceptors (Lipinski definition) is 4. The monoisotopic (exact) mass is 355 g/mol. The van der Waals surface area contributed by atoms with Gasteiger partial charge in [-0.3, -0.25) is 9.36 Å². The molecule has 1 aromatic heterocycles. The Labute approximate surface area is 141 Å². The molecule has 0 aliphatic heterocycles. The molecule has 0 spiro atoms. The first kappa shape index (κ1) is 17.0. The fraction of sp³-hybridized carbons (Fsp3) is 0.438. The minimum absolute atomic E-state index is 0.0370. The highest BCUT2D eigenvalue weighted by Crippen LogP contribution is 2.25. The molecule has 0 saturated heterocycles. The van der Waals surface area contributed by atoms with Crippen LogP contribution in [0.1, 0.15) is 34.3 Å². The number of aryl methyl sites for hydroxylation is 2. The lowest BCUT2D eigenvalue weighted by molar-refractivity contribution is -0.142. The van der Waals surface area contributed by atoms with Gasteiger partial charge in [-0.25, -0.2) is 0 Å². The van der Waals surface area contributed by atoms with Gasteiger partial charge in [0.25, 0.3) is 0 Å². The molecule has 8 heteroatoms. The van der Waals surface area contributed by atoms with E-state index in [1.54, 1.807) is 6.07 Å². The standard InChI is InChI=1S/C16H16F3N3OS/c17-16(18,19)9-22-10-20-21-15(22)24-8-14(23)13-6-5-11-3-1-2-4-12(11)7-13/h5-7,10H,1-4,8-9H2. The van der Waals surface area contributed by atoms with E-state index in [1.807, 2.05) is 12.1 Å². The molecule has 1 aliphatic rings. The molecular formula is C16H16F3N3OS. The normalized spacial score (nSPS) is 14.5. The lowest BCUT2D eigenvalue weighted by Crippen LogP contribution is -2.18. The summed E-state index contributed by atoms with van der Waals surface area (Å²) in [4.78, 5) is 12.3. The van der Waals surface area contributed by atoms with Crippen molar-refractivity contribution in [2.75, 3.05) is 5.75 Å². The van der Waals surface area contributed by atoms with E-state index in [0.717, 1.165) is 41.9 Å². The molecule has 0 radical (unpaired) electrons. The predicted molar refractivity (Wildman–Crippen MR) is 84.2 cm³/mol. The maximum absolute atomic E-state index is 12.5. The Bertz CT molecular complexity index is 742. The topological polar surface area (TPSA) is 47.8 Å². The quantitative estimate of drug-likeness (QED) is 0.606. The highest BCUT2D eigenvalue weighted by molar-refractivity contribution is 7.99. The Hall–Kier alpha value is -1.83. The number of aromatic nitrogens is 3. The van der Waals surface area contributed by atoms with Crippen LogP contribution in [0.15, 0.2) is 29.7 Å². The summed E-state index contributed by atoms with van der Waals surface area (Å²) in [5.74, 6) is -0.0788. The first-order chi connectivity index (χ1) is 11.4. The van der Waals surface area contributed by atoms with Crippen molar-refractivity contribution in [2.24, 2.45) is 0 Å². The number of carbonyl (C=O) groups excluding carboxylic acids is 1. The summed E-state index contributed by atoms with van der Waals surface area (Å²) in [6, 6.07) is 5.70. The fourth-order valence-electron chi connectivity index (χ4n) is 2.78. The molecule has 128 valence electrons. The molecule has 3 rings (SSSR count). The molecule has 0 N–H and O–H groups in total. The minimum Gasteiger partial charge on any atom is -0.299 e. The summed E-state index contributed by atoms with van der Waals surface area (Å²) in [6.07, 6.45) is 0.993. The number of ketones is 1. The van der Waals surface area contributed by atoms with Crippen LogP contribution in [-0.2, 0) is 19.4 Å². The maximum atomic E-state index is 12.5. The predicted octanol–water partition coefficient (Wildman–Crippen LogP) is 3.69. The molecule has 1 aromatic carbocycles. The Morgan fingerprint density at radius 2 is 1.96 bits per heavy atom. The first-order valence-electron chi connectivity index (χ1n) is 7.65. The van der Waals surface area contributed by atoms with Gasteiger partial charge in [-0.2, -0.15) is 13.2 Å². The molecule has 0 amide bonds. The third-order valence-electron chi connectivity index (χ3n) is 3.93. The summed E-state index contributed by atoms with van der Waals surface area (Å²) >= 11 is 0.975. The third kappa shape index (κ3) is 4.17. The summed E-state index contributed by atoms with van der Waals surface area (Å²) in [7, 11) is 0. The number of carbonyl (C=O) groups is 1. The van der Waals surface area contributed by atoms with Crippen molar-refractivity contribution in [1.29, 1.82) is 0 Å². The number of fused-ring (bicyclic) bond motifs is 1. The van der Waals surface area contributed by atoms with Crippen molar-refractivity contribution in [2.45, 2.75) is 43.6 Å². The Morgan fingerprint density at radius 1 is 1.21 bits per heavy atom. The van der Waals surface area contributed by atoms with E-state index in [4.69, 9.17) is 0 Å². The van der Waals surface area contributed by atoms with E-state index in [1.165, 1.54) is 17.5 Å². The number of nitrogens with zero attached hydrogens (tertiary/aromatic N) is 3. The SMILES string of the molecule is O=C(CSc1nncn1CC(F)(F)F)c1ccc2c(c1)CCCC2. The average Bonchev–Trinajstić information content (AvgIpc) is 2.97. The van der Waals surface area contributed by atoms with E-state index in [-0.39, 0.29) is 16.7 Å². The van der Waals surface area contributed by atoms with Crippen LogP contribution in [0, 0.1) is 0 Å². The van der Waals surface area contributed by atoms with Crippen LogP contribution < -0.4 is 0 Å². The highest BCUT2D eigenvalue weighted by atomic mass is 32.2. The molecule has 0 atom stereocenters. The van der Waals surface area contributed by atoms with Crippen molar-refractivity contribution in [3.8, 4) is 0 Å². The van der Waals surface area contributed by atoms with Crippen LogP contribution in [0.5, 0.6) is 0 Å². The molecule has 0 bridgehead atoms. The molecule has 0 saturated carbocycles. The van der Waals surface area contributed by atoms with Crippen molar-refractivity contribution >= 4 is 17.5 Å². The van der Waals surface area contributed by atoms with Crippen LogP contribution in [-0.4, -0.2) is 32.5 Å². The lowest BCUT2D eigenvalue weighted by Gasteiger charge is -2.16. The zero-order valence-electron chi connectivity index (χ0n) is 12.8. The molecule has 1 heterocycles. The summed E-state index contributed by atoms with van der Waals surface area (Å²) in [6.45, 7) is -1.16. The number of rotatable bonds is 5. The van der Waals surface area contributed by atoms with Crippen molar-refractivity contribution < 1.29 is 18.0 Å². The molecular weight excluding hydrogens is 339 g/mol. The zero-order valence-corrected chi connectivity index (χ0v) is 13.7. The smallest absolute Gasteiger partial charge is 0.299 e. The second-order valence-corrected chi connectivity index (χ2v) is 6.70. The van der Waals surface area contributed by atoms with Crippen LogP contribution in [0.25, 0.3) is 0 Å². The Balaban J connectivity index is 1.65. The largest absolute Gasteiger partial charge is 0.406 e. The molecule has 0 unspecified atom stereocenters. The van der Waals surface area contributed by atoms with Gasteiger partial charge >= 0.3 is 6.18 Å². The number of halogens is 3. The second-order valence-electron chi connectivity index (χ2n) is 5.76. The van der Waals surface area contributed by atoms with Crippen LogP contribution >= 0.6 is 11.8 Å². The Kier molecular flexibility index (Phi) is 4.93. The van der Waals surface area contributed by atoms with E-state index >= 15 is 0 Å². The number of Topliss-reactive ketones (excluding diaryl/α,β-unsaturated/α-hetero) is 1. The Morgan fingerprint density at radius 3 is 2.71 bits per heavy atom. The first-order valence-corrected chi connectivity index (χ1v) is 8.63. The van der Waals surface area contributed by atoms with Crippen molar-refractivity contribution in [3.63, 3.8) is 0 Å². The fourth-order valence-corrected chi connectivity index (χ4v) is 3.59. The summed E-state index contributed by atoms with van der Waals surface area (Å²) < 4.78 is 38.3. The average molecular weight is 355 g/mol. The van der Waals surface area contributed by atoms with E-state index < -0.39 is 12.7 Å². The molecule has 2 aromatic rings. The number of benzene rings is 1. The highest BCUT2D eigenvalue weighted by Gasteiger charge is 2.29. The van der Waals surface area contributed by atoms with Gasteiger partial charge in [0.1, 0.15) is 12.9 Å². The molecule has 1 aliphatic carbocycles. The third-order valence-corrected chi connectivity index (χ3v) is 4.91. The lowest BCUT2D eigenvalue weighted by atomic mass is 9.90. The van der Waals surface area contributed by atoms with Gasteiger partial charge in [0.2, 0.25) is 0 Å². The van der Waals surface area contributed by atoms with E-state index in [9.17, 15) is 18.0 Å². The van der Waals surface area contributed by atoms with E-state index in [2.05, 4.69) is 10.2 Å². The van der Waals surface area contributed by atoms with E-state index in [0.29, 0.717) is 5.56 Å². The zero-order chi connectivity index (χ0) is 17.2. The maximum Gasteiger partial charge on any atom is 0.406 e. The molecule has 4 nitrogen and oxygen atoms in total. The second kappa shape index (κ2) is 6.96. The van der Waals surface area contributed by atoms with Gasteiger partial charge in [0.05, 0.1) is 5.75 Å². The molecule has 0 fully saturated rings. The van der Waals surface area contributed by atoms with Gasteiger partial charge in [-0.1, -0.05) is 23.9 Å². The molecule has 24 heavy (non-hydrogen) atoms. The van der Waals surface area contributed by atoms with Crippen LogP contribution in [0.4, 0.5) is 13.2 Å². The van der Waals surface area contributed by atoms with Gasteiger partial charge in [-0.05, 0) is 42.9 Å². The summed E-state index contributed by atoms with van der Waals surface area (Å²) in [5, 5.41) is 7.25.